The lowest BCUT2D eigenvalue weighted by molar-refractivity contribution is 0.466. The molecule has 0 atom stereocenters. The van der Waals surface area contributed by atoms with Gasteiger partial charge in [-0.3, -0.25) is 15.2 Å². The van der Waals surface area contributed by atoms with Crippen LogP contribution in [-0.4, -0.2) is 20.3 Å². The van der Waals surface area contributed by atoms with Crippen LogP contribution in [0.4, 0.5) is 5.95 Å². The number of rotatable bonds is 4. The summed E-state index contributed by atoms with van der Waals surface area (Å²) in [5, 5.41) is 16.6. The molecule has 0 aliphatic rings. The molecule has 0 spiro atoms. The highest BCUT2D eigenvalue weighted by Crippen LogP contribution is 2.14. The van der Waals surface area contributed by atoms with E-state index in [1.807, 2.05) is 6.07 Å². The number of benzene rings is 1. The van der Waals surface area contributed by atoms with Crippen LogP contribution in [-0.2, 0) is 6.54 Å². The SMILES string of the molecule is O=c1cnnc(NNCc2ccccc2O)[nH]1. The van der Waals surface area contributed by atoms with Gasteiger partial charge in [0.1, 0.15) is 11.9 Å². The molecular weight excluding hydrogens is 222 g/mol. The molecule has 2 rings (SSSR count). The van der Waals surface area contributed by atoms with Gasteiger partial charge in [-0.1, -0.05) is 18.2 Å². The Balaban J connectivity index is 1.92. The number of aromatic hydroxyl groups is 1. The summed E-state index contributed by atoms with van der Waals surface area (Å²) in [7, 11) is 0. The van der Waals surface area contributed by atoms with Gasteiger partial charge in [0.15, 0.2) is 0 Å². The molecule has 0 saturated heterocycles. The van der Waals surface area contributed by atoms with E-state index in [1.54, 1.807) is 18.2 Å². The van der Waals surface area contributed by atoms with Gasteiger partial charge < -0.3 is 5.11 Å². The lowest BCUT2D eigenvalue weighted by Gasteiger charge is -2.07. The highest BCUT2D eigenvalue weighted by atomic mass is 16.3. The van der Waals surface area contributed by atoms with E-state index in [1.165, 1.54) is 0 Å². The molecule has 0 aliphatic heterocycles. The van der Waals surface area contributed by atoms with Gasteiger partial charge in [0.05, 0.1) is 0 Å². The Labute approximate surface area is 96.5 Å². The number of phenolic OH excluding ortho intramolecular Hbond substituents is 1. The third kappa shape index (κ3) is 3.02. The van der Waals surface area contributed by atoms with Crippen molar-refractivity contribution >= 4 is 5.95 Å². The van der Waals surface area contributed by atoms with Crippen LogP contribution < -0.4 is 16.4 Å². The summed E-state index contributed by atoms with van der Waals surface area (Å²) in [5.41, 5.74) is 5.86. The molecule has 17 heavy (non-hydrogen) atoms. The van der Waals surface area contributed by atoms with Crippen LogP contribution in [0.1, 0.15) is 5.56 Å². The Morgan fingerprint density at radius 3 is 2.94 bits per heavy atom. The second kappa shape index (κ2) is 5.08. The first kappa shape index (κ1) is 11.1. The molecule has 7 nitrogen and oxygen atoms in total. The van der Waals surface area contributed by atoms with E-state index in [4.69, 9.17) is 0 Å². The highest BCUT2D eigenvalue weighted by Gasteiger charge is 1.99. The zero-order valence-corrected chi connectivity index (χ0v) is 8.84. The lowest BCUT2D eigenvalue weighted by Crippen LogP contribution is -2.24. The Bertz CT molecular complexity index is 554. The number of hydrazine groups is 1. The topological polar surface area (TPSA) is 103 Å². The molecule has 0 amide bonds. The van der Waals surface area contributed by atoms with Crippen molar-refractivity contribution in [3.8, 4) is 5.75 Å². The van der Waals surface area contributed by atoms with Crippen LogP contribution >= 0.6 is 0 Å². The van der Waals surface area contributed by atoms with E-state index in [2.05, 4.69) is 26.0 Å². The number of nitrogens with zero attached hydrogens (tertiary/aromatic N) is 2. The maximum Gasteiger partial charge on any atom is 0.271 e. The van der Waals surface area contributed by atoms with Gasteiger partial charge in [0.25, 0.3) is 5.56 Å². The number of anilines is 1. The molecule has 1 aromatic carbocycles. The quantitative estimate of drug-likeness (QED) is 0.554. The smallest absolute Gasteiger partial charge is 0.271 e. The molecule has 4 N–H and O–H groups in total. The molecule has 0 bridgehead atoms. The predicted molar refractivity (Wildman–Crippen MR) is 61.2 cm³/mol. The first-order chi connectivity index (χ1) is 8.25. The third-order valence-electron chi connectivity index (χ3n) is 2.05. The van der Waals surface area contributed by atoms with Crippen molar-refractivity contribution in [1.82, 2.24) is 20.6 Å². The van der Waals surface area contributed by atoms with Crippen molar-refractivity contribution in [2.24, 2.45) is 0 Å². The van der Waals surface area contributed by atoms with Crippen LogP contribution in [0.3, 0.4) is 0 Å². The minimum atomic E-state index is -0.341. The highest BCUT2D eigenvalue weighted by molar-refractivity contribution is 5.32. The molecule has 1 aromatic heterocycles. The van der Waals surface area contributed by atoms with Gasteiger partial charge in [-0.15, -0.1) is 10.2 Å². The van der Waals surface area contributed by atoms with Gasteiger partial charge in [-0.25, -0.2) is 5.43 Å². The summed E-state index contributed by atoms with van der Waals surface area (Å²) >= 11 is 0. The average molecular weight is 233 g/mol. The van der Waals surface area contributed by atoms with Gasteiger partial charge in [0, 0.05) is 12.1 Å². The Kier molecular flexibility index (Phi) is 3.31. The molecule has 0 fully saturated rings. The van der Waals surface area contributed by atoms with Crippen LogP contribution in [0, 0.1) is 0 Å². The largest absolute Gasteiger partial charge is 0.508 e. The van der Waals surface area contributed by atoms with Crippen molar-refractivity contribution in [1.29, 1.82) is 0 Å². The number of hydrogen-bond donors (Lipinski definition) is 4. The van der Waals surface area contributed by atoms with Crippen molar-refractivity contribution in [3.63, 3.8) is 0 Å². The number of aromatic nitrogens is 3. The second-order valence-corrected chi connectivity index (χ2v) is 3.29. The lowest BCUT2D eigenvalue weighted by atomic mass is 10.2. The van der Waals surface area contributed by atoms with Crippen LogP contribution in [0.15, 0.2) is 35.3 Å². The van der Waals surface area contributed by atoms with E-state index < -0.39 is 0 Å². The zero-order valence-electron chi connectivity index (χ0n) is 8.84. The number of aromatic amines is 1. The summed E-state index contributed by atoms with van der Waals surface area (Å²) in [6, 6.07) is 6.94. The standard InChI is InChI=1S/C10H11N5O2/c16-8-4-2-1-3-7(8)5-11-14-10-13-9(17)6-12-15-10/h1-4,6,11,16H,5H2,(H2,13,14,15,17). The number of hydrogen-bond acceptors (Lipinski definition) is 6. The molecule has 7 heteroatoms. The van der Waals surface area contributed by atoms with Crippen LogP contribution in [0.2, 0.25) is 0 Å². The normalized spacial score (nSPS) is 10.1. The first-order valence-electron chi connectivity index (χ1n) is 4.93. The summed E-state index contributed by atoms with van der Waals surface area (Å²) in [6.45, 7) is 0.380. The Morgan fingerprint density at radius 2 is 2.18 bits per heavy atom. The monoisotopic (exact) mass is 233 g/mol. The van der Waals surface area contributed by atoms with E-state index in [0.29, 0.717) is 6.54 Å². The number of H-pyrrole nitrogens is 1. The average Bonchev–Trinajstić information content (AvgIpc) is 2.32. The second-order valence-electron chi connectivity index (χ2n) is 3.29. The van der Waals surface area contributed by atoms with Crippen LogP contribution in [0.25, 0.3) is 0 Å². The van der Waals surface area contributed by atoms with Gasteiger partial charge in [0.2, 0.25) is 5.95 Å². The van der Waals surface area contributed by atoms with Gasteiger partial charge in [-0.2, -0.15) is 0 Å². The Morgan fingerprint density at radius 1 is 1.35 bits per heavy atom. The third-order valence-corrected chi connectivity index (χ3v) is 2.05. The van der Waals surface area contributed by atoms with Crippen molar-refractivity contribution in [2.75, 3.05) is 5.43 Å². The van der Waals surface area contributed by atoms with Gasteiger partial charge in [-0.05, 0) is 6.07 Å². The van der Waals surface area contributed by atoms with Crippen molar-refractivity contribution in [3.05, 3.63) is 46.4 Å². The molecular formula is C10H11N5O2. The molecule has 1 heterocycles. The predicted octanol–water partition coefficient (Wildman–Crippen LogP) is -0.0128. The molecule has 0 unspecified atom stereocenters. The molecule has 0 radical (unpaired) electrons. The molecule has 0 aliphatic carbocycles. The summed E-state index contributed by atoms with van der Waals surface area (Å²) in [4.78, 5) is 13.4. The zero-order chi connectivity index (χ0) is 12.1. The summed E-state index contributed by atoms with van der Waals surface area (Å²) < 4.78 is 0. The maximum atomic E-state index is 10.9. The maximum absolute atomic E-state index is 10.9. The van der Waals surface area contributed by atoms with Crippen molar-refractivity contribution < 1.29 is 5.11 Å². The van der Waals surface area contributed by atoms with E-state index in [0.717, 1.165) is 11.8 Å². The molecule has 2 aromatic rings. The minimum absolute atomic E-state index is 0.203. The molecule has 0 saturated carbocycles. The van der Waals surface area contributed by atoms with E-state index in [-0.39, 0.29) is 17.3 Å². The number of para-hydroxylation sites is 1. The number of phenols is 1. The Hall–Kier alpha value is -2.41. The fourth-order valence-corrected chi connectivity index (χ4v) is 1.25. The summed E-state index contributed by atoms with van der Waals surface area (Å²) in [5.74, 6) is 0.419. The minimum Gasteiger partial charge on any atom is -0.508 e. The van der Waals surface area contributed by atoms with E-state index >= 15 is 0 Å². The molecule has 88 valence electrons. The van der Waals surface area contributed by atoms with Gasteiger partial charge >= 0.3 is 0 Å². The van der Waals surface area contributed by atoms with E-state index in [9.17, 15) is 9.90 Å². The van der Waals surface area contributed by atoms with Crippen LogP contribution in [0.5, 0.6) is 5.75 Å². The summed E-state index contributed by atoms with van der Waals surface area (Å²) in [6.07, 6.45) is 1.08. The van der Waals surface area contributed by atoms with Crippen molar-refractivity contribution in [2.45, 2.75) is 6.54 Å². The number of nitrogens with one attached hydrogen (secondary N) is 3. The first-order valence-corrected chi connectivity index (χ1v) is 4.93. The fraction of sp³-hybridized carbons (Fsp3) is 0.100. The fourth-order valence-electron chi connectivity index (χ4n) is 1.25.